The minimum atomic E-state index is -0.238. The van der Waals surface area contributed by atoms with Crippen molar-refractivity contribution in [1.29, 1.82) is 5.41 Å². The van der Waals surface area contributed by atoms with E-state index in [0.29, 0.717) is 11.8 Å². The zero-order valence-corrected chi connectivity index (χ0v) is 10.4. The highest BCUT2D eigenvalue weighted by molar-refractivity contribution is 5.75. The molecule has 0 spiro atoms. The zero-order chi connectivity index (χ0) is 11.5. The van der Waals surface area contributed by atoms with Gasteiger partial charge in [0.15, 0.2) is 5.90 Å². The van der Waals surface area contributed by atoms with Gasteiger partial charge in [0.05, 0.1) is 0 Å². The van der Waals surface area contributed by atoms with Gasteiger partial charge in [-0.3, -0.25) is 5.41 Å². The van der Waals surface area contributed by atoms with E-state index in [9.17, 15) is 0 Å². The fourth-order valence-electron chi connectivity index (χ4n) is 1.98. The lowest BCUT2D eigenvalue weighted by molar-refractivity contribution is 0.0972. The minimum absolute atomic E-state index is 0.238. The molecule has 1 aliphatic heterocycles. The molecule has 0 aliphatic carbocycles. The largest absolute Gasteiger partial charge is 0.475 e. The Bertz CT molecular complexity index is 214. The van der Waals surface area contributed by atoms with Gasteiger partial charge >= 0.3 is 0 Å². The lowest BCUT2D eigenvalue weighted by atomic mass is 9.86. The first-order valence-corrected chi connectivity index (χ1v) is 5.88. The normalized spacial score (nSPS) is 21.1. The molecule has 1 rings (SSSR count). The van der Waals surface area contributed by atoms with Gasteiger partial charge < -0.3 is 10.1 Å². The van der Waals surface area contributed by atoms with Crippen LogP contribution in [0.2, 0.25) is 0 Å². The zero-order valence-electron chi connectivity index (χ0n) is 10.4. The Labute approximate surface area is 93.1 Å². The second-order valence-electron chi connectivity index (χ2n) is 5.45. The van der Waals surface area contributed by atoms with Gasteiger partial charge in [0.1, 0.15) is 5.60 Å². The van der Waals surface area contributed by atoms with Gasteiger partial charge in [-0.15, -0.1) is 0 Å². The number of hydrogen-bond donors (Lipinski definition) is 2. The molecule has 15 heavy (non-hydrogen) atoms. The van der Waals surface area contributed by atoms with E-state index in [0.717, 1.165) is 25.9 Å². The van der Waals surface area contributed by atoms with Crippen molar-refractivity contribution >= 4 is 5.90 Å². The van der Waals surface area contributed by atoms with Crippen molar-refractivity contribution in [2.24, 2.45) is 11.8 Å². The molecule has 1 fully saturated rings. The van der Waals surface area contributed by atoms with Crippen LogP contribution in [-0.4, -0.2) is 24.6 Å². The summed E-state index contributed by atoms with van der Waals surface area (Å²) in [5.74, 6) is 1.32. The molecule has 0 aromatic rings. The smallest absolute Gasteiger partial charge is 0.184 e. The molecule has 0 saturated carbocycles. The van der Waals surface area contributed by atoms with Crippen LogP contribution in [0.15, 0.2) is 0 Å². The summed E-state index contributed by atoms with van der Waals surface area (Å²) in [5, 5.41) is 11.3. The predicted molar refractivity (Wildman–Crippen MR) is 63.3 cm³/mol. The number of ether oxygens (including phenoxy) is 1. The first-order valence-electron chi connectivity index (χ1n) is 5.88. The highest BCUT2D eigenvalue weighted by Gasteiger charge is 2.26. The SMILES string of the molecule is CC(C(=N)OC(C)(C)C)C1CCNCC1. The minimum Gasteiger partial charge on any atom is -0.475 e. The van der Waals surface area contributed by atoms with Crippen molar-refractivity contribution in [2.75, 3.05) is 13.1 Å². The van der Waals surface area contributed by atoms with E-state index >= 15 is 0 Å². The Morgan fingerprint density at radius 2 is 1.87 bits per heavy atom. The molecular weight excluding hydrogens is 188 g/mol. The van der Waals surface area contributed by atoms with E-state index in [1.165, 1.54) is 0 Å². The fourth-order valence-corrected chi connectivity index (χ4v) is 1.98. The summed E-state index contributed by atoms with van der Waals surface area (Å²) in [4.78, 5) is 0. The molecule has 0 amide bonds. The molecule has 1 aliphatic rings. The summed E-state index contributed by atoms with van der Waals surface area (Å²) in [6.07, 6.45) is 2.33. The fraction of sp³-hybridized carbons (Fsp3) is 0.917. The third-order valence-corrected chi connectivity index (χ3v) is 2.92. The molecule has 1 atom stereocenters. The Balaban J connectivity index is 2.44. The second-order valence-corrected chi connectivity index (χ2v) is 5.45. The third kappa shape index (κ3) is 4.20. The molecule has 0 aromatic carbocycles. The van der Waals surface area contributed by atoms with Crippen LogP contribution in [-0.2, 0) is 4.74 Å². The third-order valence-electron chi connectivity index (χ3n) is 2.92. The molecule has 0 radical (unpaired) electrons. The summed E-state index contributed by atoms with van der Waals surface area (Å²) >= 11 is 0. The Kier molecular flexibility index (Phi) is 4.14. The van der Waals surface area contributed by atoms with Crippen LogP contribution >= 0.6 is 0 Å². The lowest BCUT2D eigenvalue weighted by Crippen LogP contribution is -2.36. The highest BCUT2D eigenvalue weighted by Crippen LogP contribution is 2.24. The quantitative estimate of drug-likeness (QED) is 0.545. The van der Waals surface area contributed by atoms with Gasteiger partial charge in [0.2, 0.25) is 0 Å². The van der Waals surface area contributed by atoms with Gasteiger partial charge in [-0.2, -0.15) is 0 Å². The Morgan fingerprint density at radius 3 is 2.33 bits per heavy atom. The van der Waals surface area contributed by atoms with Crippen LogP contribution in [0.4, 0.5) is 0 Å². The number of rotatable bonds is 2. The molecule has 0 aromatic heterocycles. The van der Waals surface area contributed by atoms with Gasteiger partial charge in [-0.05, 0) is 52.6 Å². The molecule has 1 saturated heterocycles. The van der Waals surface area contributed by atoms with E-state index in [1.807, 2.05) is 20.8 Å². The van der Waals surface area contributed by atoms with E-state index in [1.54, 1.807) is 0 Å². The second kappa shape index (κ2) is 4.97. The van der Waals surface area contributed by atoms with Crippen LogP contribution in [0.25, 0.3) is 0 Å². The van der Waals surface area contributed by atoms with Crippen molar-refractivity contribution in [2.45, 2.75) is 46.1 Å². The molecule has 1 heterocycles. The molecule has 3 nitrogen and oxygen atoms in total. The average Bonchev–Trinajstić information content (AvgIpc) is 2.15. The van der Waals surface area contributed by atoms with E-state index < -0.39 is 0 Å². The van der Waals surface area contributed by atoms with Crippen molar-refractivity contribution in [3.8, 4) is 0 Å². The number of nitrogens with one attached hydrogen (secondary N) is 2. The Morgan fingerprint density at radius 1 is 1.33 bits per heavy atom. The summed E-state index contributed by atoms with van der Waals surface area (Å²) in [6.45, 7) is 10.3. The van der Waals surface area contributed by atoms with Gasteiger partial charge in [-0.1, -0.05) is 6.92 Å². The summed E-state index contributed by atoms with van der Waals surface area (Å²) < 4.78 is 5.62. The van der Waals surface area contributed by atoms with Crippen molar-refractivity contribution in [3.63, 3.8) is 0 Å². The molecule has 2 N–H and O–H groups in total. The van der Waals surface area contributed by atoms with Gasteiger partial charge in [-0.25, -0.2) is 0 Å². The maximum Gasteiger partial charge on any atom is 0.184 e. The van der Waals surface area contributed by atoms with E-state index in [4.69, 9.17) is 10.1 Å². The molecule has 3 heteroatoms. The first-order chi connectivity index (χ1) is 6.90. The predicted octanol–water partition coefficient (Wildman–Crippen LogP) is 2.41. The topological polar surface area (TPSA) is 45.1 Å². The van der Waals surface area contributed by atoms with Crippen molar-refractivity contribution in [3.05, 3.63) is 0 Å². The van der Waals surface area contributed by atoms with Crippen LogP contribution < -0.4 is 5.32 Å². The van der Waals surface area contributed by atoms with E-state index in [-0.39, 0.29) is 11.5 Å². The lowest BCUT2D eigenvalue weighted by Gasteiger charge is -2.31. The van der Waals surface area contributed by atoms with Gasteiger partial charge in [0, 0.05) is 5.92 Å². The van der Waals surface area contributed by atoms with Crippen molar-refractivity contribution < 1.29 is 4.74 Å². The average molecular weight is 212 g/mol. The molecular formula is C12H24N2O. The first kappa shape index (κ1) is 12.5. The number of hydrogen-bond acceptors (Lipinski definition) is 3. The van der Waals surface area contributed by atoms with Gasteiger partial charge in [0.25, 0.3) is 0 Å². The van der Waals surface area contributed by atoms with Crippen LogP contribution in [0.3, 0.4) is 0 Å². The summed E-state index contributed by atoms with van der Waals surface area (Å²) in [7, 11) is 0. The summed E-state index contributed by atoms with van der Waals surface area (Å²) in [6, 6.07) is 0. The number of piperidine rings is 1. The maximum absolute atomic E-state index is 7.94. The molecule has 0 bridgehead atoms. The monoisotopic (exact) mass is 212 g/mol. The standard InChI is InChI=1S/C12H24N2O/c1-9(10-5-7-14-8-6-10)11(13)15-12(2,3)4/h9-10,13-14H,5-8H2,1-4H3. The maximum atomic E-state index is 7.94. The van der Waals surface area contributed by atoms with E-state index in [2.05, 4.69) is 12.2 Å². The van der Waals surface area contributed by atoms with Crippen molar-refractivity contribution in [1.82, 2.24) is 5.32 Å². The van der Waals surface area contributed by atoms with Crippen LogP contribution in [0.5, 0.6) is 0 Å². The van der Waals surface area contributed by atoms with Crippen LogP contribution in [0.1, 0.15) is 40.5 Å². The van der Waals surface area contributed by atoms with Crippen LogP contribution in [0, 0.1) is 17.2 Å². The highest BCUT2D eigenvalue weighted by atomic mass is 16.5. The summed E-state index contributed by atoms with van der Waals surface area (Å²) in [5.41, 5.74) is -0.238. The molecule has 1 unspecified atom stereocenters. The Hall–Kier alpha value is -0.570. The molecule has 88 valence electrons.